The number of benzene rings is 2. The second-order valence-electron chi connectivity index (χ2n) is 4.71. The molecule has 0 saturated carbocycles. The fraction of sp³-hybridized carbons (Fsp3) is 0.167. The van der Waals surface area contributed by atoms with Crippen LogP contribution in [0.1, 0.15) is 19.4 Å². The molecule has 0 unspecified atom stereocenters. The minimum atomic E-state index is -1.56. The molecule has 0 fully saturated rings. The first-order valence-electron chi connectivity index (χ1n) is 7.07. The number of fused-ring (bicyclic) bond motifs is 1. The van der Waals surface area contributed by atoms with Crippen LogP contribution < -0.4 is 0 Å². The van der Waals surface area contributed by atoms with Crippen molar-refractivity contribution in [3.05, 3.63) is 60.2 Å². The molecule has 0 heterocycles. The monoisotopic (exact) mass is 330 g/mol. The highest BCUT2D eigenvalue weighted by Crippen LogP contribution is 2.32. The summed E-state index contributed by atoms with van der Waals surface area (Å²) in [5, 5.41) is 7.64. The molecule has 126 valence electrons. The smallest absolute Gasteiger partial charge is 0.461 e. The van der Waals surface area contributed by atoms with E-state index in [2.05, 4.69) is 29.0 Å². The summed E-state index contributed by atoms with van der Waals surface area (Å²) in [6, 6.07) is 18.1. The van der Waals surface area contributed by atoms with Crippen LogP contribution in [0.4, 0.5) is 4.79 Å². The van der Waals surface area contributed by atoms with Gasteiger partial charge in [-0.05, 0) is 22.8 Å². The van der Waals surface area contributed by atoms with E-state index in [1.54, 1.807) is 0 Å². The zero-order chi connectivity index (χ0) is 17.9. The number of carboxylic acid groups (broad SMARTS) is 1. The Morgan fingerprint density at radius 3 is 1.75 bits per heavy atom. The molecule has 1 N–H and O–H groups in total. The third-order valence-corrected chi connectivity index (χ3v) is 2.63. The number of carbonyl (C=O) groups is 3. The Kier molecular flexibility index (Phi) is 7.70. The van der Waals surface area contributed by atoms with Crippen LogP contribution >= 0.6 is 0 Å². The van der Waals surface area contributed by atoms with E-state index in [-0.39, 0.29) is 5.97 Å². The summed E-state index contributed by atoms with van der Waals surface area (Å²) in [5.41, 5.74) is 3.87. The maximum absolute atomic E-state index is 10.4. The van der Waals surface area contributed by atoms with E-state index < -0.39 is 12.1 Å². The van der Waals surface area contributed by atoms with E-state index in [1.165, 1.54) is 18.1 Å². The van der Waals surface area contributed by atoms with Crippen molar-refractivity contribution in [2.75, 3.05) is 0 Å². The lowest BCUT2D eigenvalue weighted by Crippen LogP contribution is -2.04. The van der Waals surface area contributed by atoms with Crippen molar-refractivity contribution in [1.29, 1.82) is 0 Å². The van der Waals surface area contributed by atoms with Crippen molar-refractivity contribution in [2.24, 2.45) is 0 Å². The van der Waals surface area contributed by atoms with Gasteiger partial charge in [-0.3, -0.25) is 9.59 Å². The van der Waals surface area contributed by atoms with Gasteiger partial charge in [-0.1, -0.05) is 48.5 Å². The molecule has 24 heavy (non-hydrogen) atoms. The van der Waals surface area contributed by atoms with Gasteiger partial charge in [-0.15, -0.1) is 0 Å². The van der Waals surface area contributed by atoms with E-state index in [9.17, 15) is 14.4 Å². The van der Waals surface area contributed by atoms with Crippen molar-refractivity contribution >= 4 is 18.1 Å². The number of ether oxygens (including phenoxy) is 2. The molecule has 1 aromatic rings. The van der Waals surface area contributed by atoms with Crippen molar-refractivity contribution in [2.45, 2.75) is 20.5 Å². The van der Waals surface area contributed by atoms with Crippen LogP contribution in [0.5, 0.6) is 0 Å². The highest BCUT2D eigenvalue weighted by molar-refractivity contribution is 5.80. The lowest BCUT2D eigenvalue weighted by molar-refractivity contribution is -0.142. The Bertz CT molecular complexity index is 664. The zero-order valence-corrected chi connectivity index (χ0v) is 13.4. The van der Waals surface area contributed by atoms with Crippen LogP contribution in [-0.2, 0) is 25.7 Å². The first-order valence-corrected chi connectivity index (χ1v) is 7.07. The van der Waals surface area contributed by atoms with Gasteiger partial charge in [-0.25, -0.2) is 4.79 Å². The summed E-state index contributed by atoms with van der Waals surface area (Å²) >= 11 is 0. The summed E-state index contributed by atoms with van der Waals surface area (Å²) in [5.74, 6) is -1.05. The van der Waals surface area contributed by atoms with E-state index in [0.29, 0.717) is 6.61 Å². The van der Waals surface area contributed by atoms with Gasteiger partial charge in [0.15, 0.2) is 0 Å². The fourth-order valence-electron chi connectivity index (χ4n) is 1.56. The van der Waals surface area contributed by atoms with Crippen molar-refractivity contribution in [1.82, 2.24) is 0 Å². The minimum absolute atomic E-state index is 0.242. The molecule has 2 aliphatic carbocycles. The predicted molar refractivity (Wildman–Crippen MR) is 87.1 cm³/mol. The second-order valence-corrected chi connectivity index (χ2v) is 4.71. The van der Waals surface area contributed by atoms with E-state index in [1.807, 2.05) is 30.3 Å². The van der Waals surface area contributed by atoms with E-state index in [4.69, 9.17) is 9.84 Å². The lowest BCUT2D eigenvalue weighted by atomic mass is 10.2. The van der Waals surface area contributed by atoms with Gasteiger partial charge in [0.2, 0.25) is 0 Å². The SMILES string of the molecule is CC(=O)OC(=O)O.CC(=O)OCc1ccccc1.c1cc2cc-2c1. The average Bonchev–Trinajstić information content (AvgIpc) is 3.12. The van der Waals surface area contributed by atoms with Crippen LogP contribution in [0.2, 0.25) is 0 Å². The molecule has 2 aliphatic rings. The lowest BCUT2D eigenvalue weighted by Gasteiger charge is -1.99. The highest BCUT2D eigenvalue weighted by atomic mass is 16.7. The summed E-state index contributed by atoms with van der Waals surface area (Å²) in [6.45, 7) is 2.80. The Hall–Kier alpha value is -3.15. The Morgan fingerprint density at radius 2 is 1.46 bits per heavy atom. The molecule has 0 saturated heterocycles. The van der Waals surface area contributed by atoms with Gasteiger partial charge in [-0.2, -0.15) is 0 Å². The first kappa shape index (κ1) is 18.9. The molecule has 0 aliphatic heterocycles. The van der Waals surface area contributed by atoms with Gasteiger partial charge >= 0.3 is 18.1 Å². The van der Waals surface area contributed by atoms with Crippen LogP contribution in [0.25, 0.3) is 11.1 Å². The summed E-state index contributed by atoms with van der Waals surface area (Å²) in [6.07, 6.45) is -1.56. The van der Waals surface area contributed by atoms with Gasteiger partial charge in [0.1, 0.15) is 6.61 Å². The van der Waals surface area contributed by atoms with Crippen LogP contribution in [0.15, 0.2) is 54.6 Å². The Labute approximate surface area is 139 Å². The van der Waals surface area contributed by atoms with Gasteiger partial charge in [0, 0.05) is 13.8 Å². The van der Waals surface area contributed by atoms with Crippen molar-refractivity contribution < 1.29 is 29.0 Å². The molecule has 0 amide bonds. The first-order chi connectivity index (χ1) is 11.4. The number of carbonyl (C=O) groups excluding carboxylic acids is 2. The predicted octanol–water partition coefficient (Wildman–Crippen LogP) is 3.64. The third kappa shape index (κ3) is 8.99. The molecule has 3 rings (SSSR count). The fourth-order valence-corrected chi connectivity index (χ4v) is 1.56. The molecule has 0 aromatic heterocycles. The summed E-state index contributed by atoms with van der Waals surface area (Å²) in [4.78, 5) is 29.4. The maximum Gasteiger partial charge on any atom is 0.513 e. The van der Waals surface area contributed by atoms with Crippen molar-refractivity contribution in [3.8, 4) is 11.1 Å². The number of rotatable bonds is 2. The van der Waals surface area contributed by atoms with Gasteiger partial charge in [0.05, 0.1) is 0 Å². The largest absolute Gasteiger partial charge is 0.513 e. The van der Waals surface area contributed by atoms with E-state index >= 15 is 0 Å². The average molecular weight is 330 g/mol. The Morgan fingerprint density at radius 1 is 0.875 bits per heavy atom. The highest BCUT2D eigenvalue weighted by Gasteiger charge is 2.07. The molecule has 0 atom stereocenters. The topological polar surface area (TPSA) is 89.9 Å². The van der Waals surface area contributed by atoms with Gasteiger partial charge < -0.3 is 14.6 Å². The number of hydrogen-bond acceptors (Lipinski definition) is 5. The zero-order valence-electron chi connectivity index (χ0n) is 13.4. The number of hydrogen-bond donors (Lipinski definition) is 1. The maximum atomic E-state index is 10.4. The third-order valence-electron chi connectivity index (χ3n) is 2.63. The second kappa shape index (κ2) is 9.78. The molecule has 0 radical (unpaired) electrons. The van der Waals surface area contributed by atoms with Crippen LogP contribution in [0.3, 0.4) is 0 Å². The molecule has 1 aromatic carbocycles. The number of esters is 2. The van der Waals surface area contributed by atoms with Crippen LogP contribution in [-0.4, -0.2) is 23.2 Å². The molecule has 6 nitrogen and oxygen atoms in total. The van der Waals surface area contributed by atoms with Crippen LogP contribution in [0, 0.1) is 0 Å². The molecular weight excluding hydrogens is 312 g/mol. The standard InChI is InChI=1S/C9H10O2.C6H4.C3H4O4/c1-8(10)11-7-9-5-3-2-4-6-9;1-2-5-4-6(5)3-1;1-2(4)7-3(5)6/h2-6H,7H2,1H3;1-4H;1H3,(H,5,6). The molecule has 0 spiro atoms. The molecular formula is C18H18O6. The Balaban J connectivity index is 0.000000191. The van der Waals surface area contributed by atoms with Gasteiger partial charge in [0.25, 0.3) is 0 Å². The summed E-state index contributed by atoms with van der Waals surface area (Å²) < 4.78 is 8.32. The quantitative estimate of drug-likeness (QED) is 0.570. The molecule has 6 heteroatoms. The normalized spacial score (nSPS) is 9.25. The van der Waals surface area contributed by atoms with Crippen molar-refractivity contribution in [3.63, 3.8) is 0 Å². The minimum Gasteiger partial charge on any atom is -0.461 e. The summed E-state index contributed by atoms with van der Waals surface area (Å²) in [7, 11) is 0. The molecule has 0 bridgehead atoms. The van der Waals surface area contributed by atoms with E-state index in [0.717, 1.165) is 12.5 Å².